The molecule has 0 saturated carbocycles. The molecule has 0 spiro atoms. The molecule has 2 aliphatic heterocycles. The van der Waals surface area contributed by atoms with Gasteiger partial charge < -0.3 is 19.3 Å². The van der Waals surface area contributed by atoms with Crippen molar-refractivity contribution in [2.24, 2.45) is 0 Å². The number of hydrogen-bond acceptors (Lipinski definition) is 7. The lowest BCUT2D eigenvalue weighted by Crippen LogP contribution is -2.28. The van der Waals surface area contributed by atoms with Gasteiger partial charge in [-0.1, -0.05) is 12.2 Å². The summed E-state index contributed by atoms with van der Waals surface area (Å²) in [6.07, 6.45) is 1.83. The topological polar surface area (TPSA) is 99.1 Å². The third-order valence-corrected chi connectivity index (χ3v) is 4.51. The van der Waals surface area contributed by atoms with E-state index in [-0.39, 0.29) is 17.6 Å². The highest BCUT2D eigenvalue weighted by Gasteiger charge is 2.41. The van der Waals surface area contributed by atoms with Crippen molar-refractivity contribution < 1.29 is 33.7 Å². The van der Waals surface area contributed by atoms with Crippen molar-refractivity contribution in [3.05, 3.63) is 46.6 Å². The molecule has 1 aliphatic carbocycles. The van der Waals surface area contributed by atoms with Crippen LogP contribution in [0.1, 0.15) is 26.7 Å². The fraction of sp³-hybridized carbons (Fsp3) is 0.421. The summed E-state index contributed by atoms with van der Waals surface area (Å²) in [4.78, 5) is 36.4. The molecule has 0 fully saturated rings. The molecular formula is C19H20O7. The number of hydrogen-bond donors (Lipinski definition) is 1. The standard InChI is InChI=1S/C19H20O7/c1-9(2)17(21)25-15-7-11-6-12(24-18(11)22)4-10(3)5-14-16(15)13(8-20)19(23)26-14/h5-6,12,14-15,20H,1,4,7-8H2,2-3H3/b10-5-/t12-,14-,15+/m1/s1. The van der Waals surface area contributed by atoms with Gasteiger partial charge in [0.05, 0.1) is 12.2 Å². The minimum absolute atomic E-state index is 0.0349. The van der Waals surface area contributed by atoms with Crippen molar-refractivity contribution in [1.82, 2.24) is 0 Å². The molecule has 0 saturated heterocycles. The highest BCUT2D eigenvalue weighted by atomic mass is 16.6. The Labute approximate surface area is 150 Å². The number of carbonyl (C=O) groups is 3. The average Bonchev–Trinajstić information content (AvgIpc) is 3.04. The van der Waals surface area contributed by atoms with Crippen molar-refractivity contribution in [2.75, 3.05) is 6.61 Å². The maximum Gasteiger partial charge on any atom is 0.337 e. The largest absolute Gasteiger partial charge is 0.454 e. The number of aliphatic hydroxyl groups is 1. The molecule has 3 rings (SSSR count). The third kappa shape index (κ3) is 3.35. The second-order valence-corrected chi connectivity index (χ2v) is 6.65. The Hall–Kier alpha value is -2.67. The van der Waals surface area contributed by atoms with Crippen LogP contribution in [-0.4, -0.2) is 47.9 Å². The van der Waals surface area contributed by atoms with Crippen molar-refractivity contribution in [2.45, 2.75) is 45.0 Å². The number of carbonyl (C=O) groups excluding carboxylic acids is 3. The Morgan fingerprint density at radius 2 is 2.00 bits per heavy atom. The molecular weight excluding hydrogens is 340 g/mol. The van der Waals surface area contributed by atoms with Crippen LogP contribution in [0.5, 0.6) is 0 Å². The van der Waals surface area contributed by atoms with Crippen molar-refractivity contribution >= 4 is 17.9 Å². The summed E-state index contributed by atoms with van der Waals surface area (Å²) >= 11 is 0. The summed E-state index contributed by atoms with van der Waals surface area (Å²) in [5.74, 6) is -1.79. The van der Waals surface area contributed by atoms with Gasteiger partial charge in [-0.25, -0.2) is 14.4 Å². The van der Waals surface area contributed by atoms with Crippen LogP contribution in [0.15, 0.2) is 46.6 Å². The van der Waals surface area contributed by atoms with Crippen LogP contribution < -0.4 is 0 Å². The SMILES string of the molecule is C=C(C)C(=O)O[C@H]1CC2=C[C@@H](C/C(C)=C\[C@H]3OC(=O)C(CO)=C13)OC2=O. The van der Waals surface area contributed by atoms with Crippen molar-refractivity contribution in [3.63, 3.8) is 0 Å². The molecule has 0 aromatic heterocycles. The molecule has 7 heteroatoms. The molecule has 2 bridgehead atoms. The normalized spacial score (nSPS) is 29.9. The minimum atomic E-state index is -0.947. The molecule has 1 N–H and O–H groups in total. The molecule has 2 heterocycles. The van der Waals surface area contributed by atoms with E-state index in [1.807, 2.05) is 6.92 Å². The Balaban J connectivity index is 2.08. The van der Waals surface area contributed by atoms with E-state index in [2.05, 4.69) is 6.58 Å². The van der Waals surface area contributed by atoms with Gasteiger partial charge in [-0.15, -0.1) is 0 Å². The van der Waals surface area contributed by atoms with Crippen LogP contribution in [0.25, 0.3) is 0 Å². The predicted molar refractivity (Wildman–Crippen MR) is 89.6 cm³/mol. The van der Waals surface area contributed by atoms with Crippen LogP contribution in [-0.2, 0) is 28.6 Å². The smallest absolute Gasteiger partial charge is 0.337 e. The monoisotopic (exact) mass is 360 g/mol. The second-order valence-electron chi connectivity index (χ2n) is 6.65. The lowest BCUT2D eigenvalue weighted by Gasteiger charge is -2.23. The molecule has 7 nitrogen and oxygen atoms in total. The molecule has 138 valence electrons. The van der Waals surface area contributed by atoms with E-state index < -0.39 is 42.8 Å². The molecule has 0 unspecified atom stereocenters. The van der Waals surface area contributed by atoms with Gasteiger partial charge in [0.25, 0.3) is 0 Å². The van der Waals surface area contributed by atoms with Gasteiger partial charge in [0.2, 0.25) is 0 Å². The summed E-state index contributed by atoms with van der Waals surface area (Å²) in [5.41, 5.74) is 1.80. The molecule has 26 heavy (non-hydrogen) atoms. The summed E-state index contributed by atoms with van der Waals surface area (Å²) < 4.78 is 16.2. The van der Waals surface area contributed by atoms with Gasteiger partial charge in [-0.3, -0.25) is 0 Å². The minimum Gasteiger partial charge on any atom is -0.454 e. The average molecular weight is 360 g/mol. The highest BCUT2D eigenvalue weighted by Crippen LogP contribution is 2.35. The van der Waals surface area contributed by atoms with Gasteiger partial charge in [-0.2, -0.15) is 0 Å². The van der Waals surface area contributed by atoms with Gasteiger partial charge >= 0.3 is 17.9 Å². The maximum atomic E-state index is 12.1. The zero-order valence-corrected chi connectivity index (χ0v) is 14.6. The van der Waals surface area contributed by atoms with E-state index in [9.17, 15) is 19.5 Å². The number of aliphatic hydroxyl groups excluding tert-OH is 1. The van der Waals surface area contributed by atoms with Crippen LogP contribution in [0.3, 0.4) is 0 Å². The van der Waals surface area contributed by atoms with E-state index >= 15 is 0 Å². The Morgan fingerprint density at radius 3 is 2.65 bits per heavy atom. The zero-order valence-electron chi connectivity index (χ0n) is 14.6. The quantitative estimate of drug-likeness (QED) is 0.350. The molecule has 0 amide bonds. The fourth-order valence-corrected chi connectivity index (χ4v) is 3.28. The first-order valence-electron chi connectivity index (χ1n) is 8.30. The Bertz CT molecular complexity index is 784. The number of esters is 3. The van der Waals surface area contributed by atoms with Crippen LogP contribution in [0.2, 0.25) is 0 Å². The van der Waals surface area contributed by atoms with E-state index in [0.29, 0.717) is 17.6 Å². The first kappa shape index (κ1) is 18.1. The first-order chi connectivity index (χ1) is 12.3. The highest BCUT2D eigenvalue weighted by molar-refractivity contribution is 5.95. The fourth-order valence-electron chi connectivity index (χ4n) is 3.28. The summed E-state index contributed by atoms with van der Waals surface area (Å²) in [6.45, 7) is 6.34. The van der Waals surface area contributed by atoms with E-state index in [1.54, 1.807) is 12.2 Å². The van der Waals surface area contributed by atoms with Crippen LogP contribution in [0, 0.1) is 0 Å². The van der Waals surface area contributed by atoms with Crippen molar-refractivity contribution in [3.8, 4) is 0 Å². The Morgan fingerprint density at radius 1 is 1.27 bits per heavy atom. The van der Waals surface area contributed by atoms with Gasteiger partial charge in [0.1, 0.15) is 18.3 Å². The predicted octanol–water partition coefficient (Wildman–Crippen LogP) is 1.28. The van der Waals surface area contributed by atoms with Crippen LogP contribution >= 0.6 is 0 Å². The summed E-state index contributed by atoms with van der Waals surface area (Å²) in [6, 6.07) is 0. The lowest BCUT2D eigenvalue weighted by atomic mass is 9.91. The molecule has 3 aliphatic rings. The zero-order chi connectivity index (χ0) is 19.0. The van der Waals surface area contributed by atoms with Crippen LogP contribution in [0.4, 0.5) is 0 Å². The Kier molecular flexibility index (Phi) is 4.82. The summed E-state index contributed by atoms with van der Waals surface area (Å²) in [7, 11) is 0. The lowest BCUT2D eigenvalue weighted by molar-refractivity contribution is -0.145. The van der Waals surface area contributed by atoms with Gasteiger partial charge in [0, 0.05) is 29.6 Å². The molecule has 0 aromatic rings. The first-order valence-corrected chi connectivity index (χ1v) is 8.30. The third-order valence-electron chi connectivity index (χ3n) is 4.51. The van der Waals surface area contributed by atoms with Crippen molar-refractivity contribution in [1.29, 1.82) is 0 Å². The second kappa shape index (κ2) is 6.92. The molecule has 3 atom stereocenters. The maximum absolute atomic E-state index is 12.1. The molecule has 0 aromatic carbocycles. The van der Waals surface area contributed by atoms with E-state index in [4.69, 9.17) is 14.2 Å². The van der Waals surface area contributed by atoms with E-state index in [1.165, 1.54) is 6.92 Å². The summed E-state index contributed by atoms with van der Waals surface area (Å²) in [5, 5.41) is 9.63. The van der Waals surface area contributed by atoms with Gasteiger partial charge in [0.15, 0.2) is 0 Å². The van der Waals surface area contributed by atoms with E-state index in [0.717, 1.165) is 5.57 Å². The molecule has 0 radical (unpaired) electrons. The number of rotatable bonds is 3. The van der Waals surface area contributed by atoms with Gasteiger partial charge in [-0.05, 0) is 26.0 Å². The number of fused-ring (bicyclic) bond motifs is 2. The number of ether oxygens (including phenoxy) is 3.